The van der Waals surface area contributed by atoms with Crippen LogP contribution in [0.25, 0.3) is 0 Å². The molecule has 1 aliphatic heterocycles. The molecule has 2 fully saturated rings. The molecule has 1 aromatic rings. The fourth-order valence-electron chi connectivity index (χ4n) is 4.13. The first-order valence-corrected chi connectivity index (χ1v) is 9.46. The van der Waals surface area contributed by atoms with Gasteiger partial charge >= 0.3 is 13.9 Å². The molecule has 3 rings (SSSR count). The quantitative estimate of drug-likeness (QED) is 0.474. The number of aliphatic hydroxyl groups is 2. The number of nitrogens with zero attached hydrogens (tertiary/aromatic N) is 1. The van der Waals surface area contributed by atoms with Crippen molar-refractivity contribution in [2.45, 2.75) is 56.2 Å². The van der Waals surface area contributed by atoms with E-state index in [0.29, 0.717) is 12.8 Å². The number of rotatable bonds is 6. The van der Waals surface area contributed by atoms with E-state index in [-0.39, 0.29) is 5.56 Å². The lowest BCUT2D eigenvalue weighted by molar-refractivity contribution is -0.0924. The van der Waals surface area contributed by atoms with Gasteiger partial charge in [-0.25, -0.2) is 4.79 Å². The van der Waals surface area contributed by atoms with Crippen LogP contribution in [0, 0.1) is 5.92 Å². The summed E-state index contributed by atoms with van der Waals surface area (Å²) in [6.45, 7) is 3.50. The number of aliphatic hydroxyl groups excluding tert-OH is 1. The fraction of sp³-hybridized carbons (Fsp3) is 0.733. The van der Waals surface area contributed by atoms with Crippen molar-refractivity contribution < 1.29 is 28.9 Å². The molecule has 0 spiro atoms. The van der Waals surface area contributed by atoms with Gasteiger partial charge in [0.1, 0.15) is 23.4 Å². The predicted octanol–water partition coefficient (Wildman–Crippen LogP) is -0.540. The zero-order chi connectivity index (χ0) is 19.4. The summed E-state index contributed by atoms with van der Waals surface area (Å²) in [7, 11) is -1.47. The van der Waals surface area contributed by atoms with E-state index in [1.54, 1.807) is 13.8 Å². The van der Waals surface area contributed by atoms with Gasteiger partial charge in [-0.2, -0.15) is 0 Å². The topological polar surface area (TPSA) is 151 Å². The Bertz CT molecular complexity index is 847. The maximum Gasteiger partial charge on any atom is 0.695 e. The molecule has 6 atom stereocenters. The monoisotopic (exact) mass is 389 g/mol. The second kappa shape index (κ2) is 6.33. The van der Waals surface area contributed by atoms with Gasteiger partial charge in [0.15, 0.2) is 0 Å². The molecule has 4 N–H and O–H groups in total. The maximum absolute atomic E-state index is 12.0. The molecular weight excluding hydrogens is 367 g/mol. The van der Waals surface area contributed by atoms with Gasteiger partial charge in [0.25, 0.3) is 5.56 Å². The zero-order valence-corrected chi connectivity index (χ0v) is 15.5. The SMILES string of the molecule is CCC(CC)(O[P+](=O)O)C1[C@H]2OC(c3cn(C)c(=O)[nH]c3=O)[C@H](O)[C@@]12O. The molecule has 0 bridgehead atoms. The third kappa shape index (κ3) is 2.60. The molecular formula is C15H22N2O8P+. The van der Waals surface area contributed by atoms with Crippen molar-refractivity contribution in [2.75, 3.05) is 0 Å². The molecule has 1 saturated carbocycles. The van der Waals surface area contributed by atoms with Gasteiger partial charge in [0.05, 0.1) is 17.6 Å². The van der Waals surface area contributed by atoms with Crippen molar-refractivity contribution >= 4 is 8.25 Å². The lowest BCUT2D eigenvalue weighted by Crippen LogP contribution is -2.44. The highest BCUT2D eigenvalue weighted by atomic mass is 31.1. The first-order valence-electron chi connectivity index (χ1n) is 8.33. The van der Waals surface area contributed by atoms with Crippen molar-refractivity contribution in [3.8, 4) is 0 Å². The van der Waals surface area contributed by atoms with E-state index in [1.807, 2.05) is 0 Å². The number of aromatic nitrogens is 2. The maximum atomic E-state index is 12.0. The van der Waals surface area contributed by atoms with E-state index < -0.39 is 54.9 Å². The highest BCUT2D eigenvalue weighted by Gasteiger charge is 2.82. The number of aryl methyl sites for hydroxylation is 1. The number of fused-ring (bicyclic) bond motifs is 1. The Morgan fingerprint density at radius 1 is 1.42 bits per heavy atom. The van der Waals surface area contributed by atoms with Crippen molar-refractivity contribution in [2.24, 2.45) is 13.0 Å². The van der Waals surface area contributed by atoms with E-state index in [0.717, 1.165) is 4.57 Å². The average molecular weight is 389 g/mol. The number of H-pyrrole nitrogens is 1. The summed E-state index contributed by atoms with van der Waals surface area (Å²) in [5.74, 6) is -0.714. The molecule has 11 heteroatoms. The summed E-state index contributed by atoms with van der Waals surface area (Å²) in [5.41, 5.74) is -4.13. The van der Waals surface area contributed by atoms with Crippen molar-refractivity contribution in [3.63, 3.8) is 0 Å². The summed E-state index contributed by atoms with van der Waals surface area (Å²) < 4.78 is 23.3. The molecule has 0 amide bonds. The molecule has 1 aliphatic carbocycles. The Balaban J connectivity index is 1.92. The van der Waals surface area contributed by atoms with Gasteiger partial charge in [-0.3, -0.25) is 9.78 Å². The Labute approximate surface area is 149 Å². The Morgan fingerprint density at radius 2 is 2.04 bits per heavy atom. The molecule has 1 aromatic heterocycles. The average Bonchev–Trinajstić information content (AvgIpc) is 3.10. The summed E-state index contributed by atoms with van der Waals surface area (Å²) in [5, 5.41) is 21.6. The smallest absolute Gasteiger partial charge is 0.387 e. The van der Waals surface area contributed by atoms with Gasteiger partial charge in [-0.15, -0.1) is 9.42 Å². The zero-order valence-electron chi connectivity index (χ0n) is 14.6. The van der Waals surface area contributed by atoms with Crippen LogP contribution in [0.1, 0.15) is 38.4 Å². The lowest BCUT2D eigenvalue weighted by atomic mass is 9.86. The summed E-state index contributed by atoms with van der Waals surface area (Å²) in [6.07, 6.45) is -1.51. The largest absolute Gasteiger partial charge is 0.695 e. The van der Waals surface area contributed by atoms with Crippen LogP contribution < -0.4 is 11.2 Å². The van der Waals surface area contributed by atoms with Crippen molar-refractivity contribution in [1.82, 2.24) is 9.55 Å². The number of aromatic amines is 1. The minimum atomic E-state index is -2.91. The standard InChI is InChI=1S/C15H21N2O8P/c1-4-14(5-2,25-26(22)23)9-11-15(9,21)10(18)8(24-11)7-6-17(3)13(20)16-12(7)19/h6,8-11,18,21H,4-5H2,1-3H3,(H-,16,19,20,22,23)/p+1/t8?,9?,10-,11+,15-/m0/s1. The first-order chi connectivity index (χ1) is 12.1. The normalized spacial score (nSPS) is 33.8. The van der Waals surface area contributed by atoms with Crippen LogP contribution in [0.15, 0.2) is 15.8 Å². The Hall–Kier alpha value is -1.42. The fourth-order valence-corrected chi connectivity index (χ4v) is 4.82. The molecule has 3 unspecified atom stereocenters. The second-order valence-corrected chi connectivity index (χ2v) is 7.50. The van der Waals surface area contributed by atoms with Crippen LogP contribution in [0.3, 0.4) is 0 Å². The highest BCUT2D eigenvalue weighted by molar-refractivity contribution is 7.32. The van der Waals surface area contributed by atoms with Gasteiger partial charge in [0.2, 0.25) is 0 Å². The molecule has 1 saturated heterocycles. The number of hydrogen-bond donors (Lipinski definition) is 4. The predicted molar refractivity (Wildman–Crippen MR) is 88.6 cm³/mol. The van der Waals surface area contributed by atoms with E-state index >= 15 is 0 Å². The lowest BCUT2D eigenvalue weighted by Gasteiger charge is -2.31. The van der Waals surface area contributed by atoms with E-state index in [1.165, 1.54) is 13.2 Å². The molecule has 0 aromatic carbocycles. The van der Waals surface area contributed by atoms with Crippen molar-refractivity contribution in [1.29, 1.82) is 0 Å². The van der Waals surface area contributed by atoms with Crippen LogP contribution in [0.2, 0.25) is 0 Å². The van der Waals surface area contributed by atoms with Crippen LogP contribution in [-0.4, -0.2) is 48.1 Å². The highest BCUT2D eigenvalue weighted by Crippen LogP contribution is 2.65. The number of nitrogens with one attached hydrogen (secondary N) is 1. The Morgan fingerprint density at radius 3 is 2.50 bits per heavy atom. The van der Waals surface area contributed by atoms with Crippen LogP contribution in [0.5, 0.6) is 0 Å². The van der Waals surface area contributed by atoms with Gasteiger partial charge < -0.3 is 19.5 Å². The molecule has 26 heavy (non-hydrogen) atoms. The summed E-state index contributed by atoms with van der Waals surface area (Å²) >= 11 is 0. The number of hydrogen-bond acceptors (Lipinski definition) is 7. The van der Waals surface area contributed by atoms with Gasteiger partial charge in [-0.1, -0.05) is 13.8 Å². The summed E-state index contributed by atoms with van der Waals surface area (Å²) in [4.78, 5) is 34.8. The van der Waals surface area contributed by atoms with Crippen LogP contribution in [0.4, 0.5) is 0 Å². The number of ether oxygens (including phenoxy) is 1. The second-order valence-electron chi connectivity index (χ2n) is 6.84. The molecule has 2 aliphatic rings. The van der Waals surface area contributed by atoms with E-state index in [2.05, 4.69) is 4.98 Å². The minimum absolute atomic E-state index is 0.0201. The van der Waals surface area contributed by atoms with E-state index in [4.69, 9.17) is 9.26 Å². The molecule has 2 heterocycles. The molecule has 0 radical (unpaired) electrons. The first kappa shape index (κ1) is 19.3. The van der Waals surface area contributed by atoms with Gasteiger partial charge in [0, 0.05) is 17.8 Å². The third-order valence-corrected chi connectivity index (χ3v) is 6.19. The molecule has 144 valence electrons. The summed E-state index contributed by atoms with van der Waals surface area (Å²) in [6, 6.07) is 0. The minimum Gasteiger partial charge on any atom is -0.387 e. The molecule has 10 nitrogen and oxygen atoms in total. The van der Waals surface area contributed by atoms with Crippen LogP contribution in [-0.2, 0) is 20.9 Å². The van der Waals surface area contributed by atoms with E-state index in [9.17, 15) is 29.3 Å². The Kier molecular flexibility index (Phi) is 4.71. The third-order valence-electron chi connectivity index (χ3n) is 5.67. The van der Waals surface area contributed by atoms with Gasteiger partial charge in [-0.05, 0) is 12.8 Å². The van der Waals surface area contributed by atoms with Crippen LogP contribution >= 0.6 is 8.25 Å². The van der Waals surface area contributed by atoms with Crippen molar-refractivity contribution in [3.05, 3.63) is 32.6 Å².